The molecule has 1 aliphatic carbocycles. The van der Waals surface area contributed by atoms with Crippen molar-refractivity contribution in [2.45, 2.75) is 26.0 Å². The van der Waals surface area contributed by atoms with E-state index in [9.17, 15) is 19.5 Å². The Morgan fingerprint density at radius 3 is 2.70 bits per heavy atom. The van der Waals surface area contributed by atoms with Gasteiger partial charge in [0.1, 0.15) is 5.75 Å². The zero-order valence-corrected chi connectivity index (χ0v) is 18.2. The van der Waals surface area contributed by atoms with Crippen molar-refractivity contribution in [2.24, 2.45) is 5.92 Å². The summed E-state index contributed by atoms with van der Waals surface area (Å²) in [4.78, 5) is 13.1. The van der Waals surface area contributed by atoms with Crippen molar-refractivity contribution in [3.63, 3.8) is 0 Å². The van der Waals surface area contributed by atoms with E-state index in [1.165, 1.54) is 25.4 Å². The molecule has 0 unspecified atom stereocenters. The third-order valence-electron chi connectivity index (χ3n) is 5.55. The smallest absolute Gasteiger partial charge is 0.255 e. The lowest BCUT2D eigenvalue weighted by atomic mass is 10.0. The summed E-state index contributed by atoms with van der Waals surface area (Å²) < 4.78 is 25.5. The Kier molecular flexibility index (Phi) is 6.74. The third-order valence-corrected chi connectivity index (χ3v) is 5.55. The fraction of sp³-hybridized carbons (Fsp3) is 0.280. The normalized spacial score (nSPS) is 12.9. The number of amides is 1. The monoisotopic (exact) mass is 452 g/mol. The number of hydrogen-bond donors (Lipinski definition) is 2. The molecular formula is C25H25FN2O5. The van der Waals surface area contributed by atoms with Crippen molar-refractivity contribution in [3.8, 4) is 22.8 Å². The Balaban J connectivity index is 1.61. The molecule has 0 atom stereocenters. The number of halogens is 1. The highest BCUT2D eigenvalue weighted by molar-refractivity contribution is 5.98. The standard InChI is InChI=1S/C25H25FN2O5/c1-32-23-8-6-17(11-21(23)26)13-27-25(30)20-12-18(7-9-22(20)33-15-16-4-5-16)24-19(14-29)3-2-10-28(24)31/h2-3,6-12,16,29H,4-5,13-15H2,1H3,(H,27,30). The first-order valence-corrected chi connectivity index (χ1v) is 10.7. The molecule has 172 valence electrons. The lowest BCUT2D eigenvalue weighted by Crippen LogP contribution is -2.30. The highest BCUT2D eigenvalue weighted by Crippen LogP contribution is 2.32. The minimum atomic E-state index is -0.514. The van der Waals surface area contributed by atoms with Crippen LogP contribution >= 0.6 is 0 Å². The van der Waals surface area contributed by atoms with E-state index in [4.69, 9.17) is 9.47 Å². The molecule has 1 saturated carbocycles. The number of benzene rings is 2. The van der Waals surface area contributed by atoms with Gasteiger partial charge in [-0.25, -0.2) is 4.39 Å². The van der Waals surface area contributed by atoms with E-state index in [1.54, 1.807) is 36.4 Å². The van der Waals surface area contributed by atoms with Crippen molar-refractivity contribution >= 4 is 5.91 Å². The Hall–Kier alpha value is -3.65. The molecular weight excluding hydrogens is 427 g/mol. The van der Waals surface area contributed by atoms with Crippen LogP contribution in [0, 0.1) is 16.9 Å². The predicted octanol–water partition coefficient (Wildman–Crippen LogP) is 3.35. The van der Waals surface area contributed by atoms with Crippen molar-refractivity contribution in [2.75, 3.05) is 13.7 Å². The van der Waals surface area contributed by atoms with E-state index in [0.29, 0.717) is 39.7 Å². The average Bonchev–Trinajstić information content (AvgIpc) is 3.65. The predicted molar refractivity (Wildman–Crippen MR) is 119 cm³/mol. The van der Waals surface area contributed by atoms with Gasteiger partial charge in [-0.2, -0.15) is 4.73 Å². The number of carbonyl (C=O) groups is 1. The molecule has 2 N–H and O–H groups in total. The summed E-state index contributed by atoms with van der Waals surface area (Å²) in [5.41, 5.74) is 2.02. The summed E-state index contributed by atoms with van der Waals surface area (Å²) >= 11 is 0. The summed E-state index contributed by atoms with van der Waals surface area (Å²) in [6.45, 7) is 0.293. The van der Waals surface area contributed by atoms with Crippen molar-refractivity contribution in [1.29, 1.82) is 0 Å². The summed E-state index contributed by atoms with van der Waals surface area (Å²) in [5, 5.41) is 24.9. The van der Waals surface area contributed by atoms with Gasteiger partial charge in [-0.3, -0.25) is 4.79 Å². The number of nitrogens with one attached hydrogen (secondary N) is 1. The van der Waals surface area contributed by atoms with Crippen LogP contribution in [0.3, 0.4) is 0 Å². The zero-order chi connectivity index (χ0) is 23.4. The Morgan fingerprint density at radius 1 is 1.21 bits per heavy atom. The van der Waals surface area contributed by atoms with Crippen molar-refractivity contribution in [3.05, 3.63) is 82.4 Å². The van der Waals surface area contributed by atoms with Crippen LogP contribution in [0.1, 0.15) is 34.3 Å². The second kappa shape index (κ2) is 9.87. The van der Waals surface area contributed by atoms with Crippen LogP contribution in [-0.2, 0) is 13.2 Å². The molecule has 0 spiro atoms. The number of rotatable bonds is 9. The first-order valence-electron chi connectivity index (χ1n) is 10.7. The number of aromatic nitrogens is 1. The highest BCUT2D eigenvalue weighted by Gasteiger charge is 2.24. The number of methoxy groups -OCH3 is 1. The fourth-order valence-corrected chi connectivity index (χ4v) is 3.54. The van der Waals surface area contributed by atoms with Crippen LogP contribution < -0.4 is 19.5 Å². The summed E-state index contributed by atoms with van der Waals surface area (Å²) in [7, 11) is 1.39. The van der Waals surface area contributed by atoms with Gasteiger partial charge in [0.05, 0.1) is 31.5 Å². The average molecular weight is 452 g/mol. The highest BCUT2D eigenvalue weighted by atomic mass is 19.1. The third kappa shape index (κ3) is 5.23. The Morgan fingerprint density at radius 2 is 2.00 bits per heavy atom. The minimum absolute atomic E-state index is 0.0980. The molecule has 0 bridgehead atoms. The van der Waals surface area contributed by atoms with Crippen molar-refractivity contribution < 1.29 is 28.5 Å². The van der Waals surface area contributed by atoms with E-state index in [-0.39, 0.29) is 30.2 Å². The van der Waals surface area contributed by atoms with Crippen LogP contribution in [0.15, 0.2) is 54.7 Å². The molecule has 0 saturated heterocycles. The number of nitrogens with zero attached hydrogens (tertiary/aromatic N) is 1. The van der Waals surface area contributed by atoms with E-state index in [1.807, 2.05) is 0 Å². The largest absolute Gasteiger partial charge is 0.618 e. The molecule has 33 heavy (non-hydrogen) atoms. The van der Waals surface area contributed by atoms with Gasteiger partial charge in [0.15, 0.2) is 17.8 Å². The van der Waals surface area contributed by atoms with Crippen LogP contribution in [0.2, 0.25) is 0 Å². The number of aliphatic hydroxyl groups excluding tert-OH is 1. The minimum Gasteiger partial charge on any atom is -0.618 e. The number of ether oxygens (including phenoxy) is 2. The molecule has 0 radical (unpaired) electrons. The van der Waals surface area contributed by atoms with Gasteiger partial charge in [-0.05, 0) is 60.7 Å². The maximum absolute atomic E-state index is 14.0. The second-order valence-electron chi connectivity index (χ2n) is 7.98. The SMILES string of the molecule is COc1ccc(CNC(=O)c2cc(-c3c(CO)ccc[n+]3[O-])ccc2OCC2CC2)cc1F. The maximum atomic E-state index is 14.0. The van der Waals surface area contributed by atoms with Crippen LogP contribution in [-0.4, -0.2) is 24.7 Å². The van der Waals surface area contributed by atoms with Gasteiger partial charge >= 0.3 is 0 Å². The fourth-order valence-electron chi connectivity index (χ4n) is 3.54. The summed E-state index contributed by atoms with van der Waals surface area (Å²) in [6.07, 6.45) is 3.54. The van der Waals surface area contributed by atoms with Gasteiger partial charge in [0.25, 0.3) is 5.91 Å². The molecule has 1 aromatic heterocycles. The molecule has 0 aliphatic heterocycles. The first-order chi connectivity index (χ1) is 16.0. The zero-order valence-electron chi connectivity index (χ0n) is 18.2. The molecule has 1 aliphatic rings. The van der Waals surface area contributed by atoms with Crippen LogP contribution in [0.5, 0.6) is 11.5 Å². The topological polar surface area (TPSA) is 94.7 Å². The first kappa shape index (κ1) is 22.5. The summed E-state index contributed by atoms with van der Waals surface area (Å²) in [5.74, 6) is 0.0879. The van der Waals surface area contributed by atoms with Crippen LogP contribution in [0.25, 0.3) is 11.3 Å². The van der Waals surface area contributed by atoms with Crippen LogP contribution in [0.4, 0.5) is 4.39 Å². The van der Waals surface area contributed by atoms with E-state index >= 15 is 0 Å². The maximum Gasteiger partial charge on any atom is 0.255 e. The number of aliphatic hydroxyl groups is 1. The second-order valence-corrected chi connectivity index (χ2v) is 7.98. The van der Waals surface area contributed by atoms with Gasteiger partial charge in [0.2, 0.25) is 5.69 Å². The molecule has 8 heteroatoms. The van der Waals surface area contributed by atoms with Gasteiger partial charge in [-0.15, -0.1) is 0 Å². The van der Waals surface area contributed by atoms with Gasteiger partial charge < -0.3 is 25.1 Å². The van der Waals surface area contributed by atoms with E-state index in [2.05, 4.69) is 5.32 Å². The molecule has 1 amide bonds. The van der Waals surface area contributed by atoms with Crippen molar-refractivity contribution in [1.82, 2.24) is 5.32 Å². The quantitative estimate of drug-likeness (QED) is 0.384. The molecule has 3 aromatic rings. The molecule has 1 fully saturated rings. The van der Waals surface area contributed by atoms with Gasteiger partial charge in [-0.1, -0.05) is 6.07 Å². The summed E-state index contributed by atoms with van der Waals surface area (Å²) in [6, 6.07) is 12.6. The van der Waals surface area contributed by atoms with E-state index in [0.717, 1.165) is 12.8 Å². The number of hydrogen-bond acceptors (Lipinski definition) is 5. The van der Waals surface area contributed by atoms with E-state index < -0.39 is 11.7 Å². The lowest BCUT2D eigenvalue weighted by molar-refractivity contribution is -0.594. The molecule has 7 nitrogen and oxygen atoms in total. The Labute approximate surface area is 191 Å². The lowest BCUT2D eigenvalue weighted by Gasteiger charge is -2.14. The molecule has 1 heterocycles. The van der Waals surface area contributed by atoms with Gasteiger partial charge in [0, 0.05) is 18.2 Å². The molecule has 2 aromatic carbocycles. The number of pyridine rings is 1. The molecule has 4 rings (SSSR count). The Bertz CT molecular complexity index is 1160. The number of carbonyl (C=O) groups excluding carboxylic acids is 1.